The lowest BCUT2D eigenvalue weighted by Gasteiger charge is -1.98. The maximum Gasteiger partial charge on any atom is 0.232 e. The van der Waals surface area contributed by atoms with Gasteiger partial charge >= 0.3 is 0 Å². The van der Waals surface area contributed by atoms with Gasteiger partial charge in [-0.3, -0.25) is 0 Å². The Kier molecular flexibility index (Phi) is 3.70. The molecule has 0 amide bonds. The Balaban J connectivity index is 2.65. The standard InChI is InChI=1S/C7H7BrClNO2S/c8-7-3-1-2-6(10-7)4-5-13(9,11)12/h1-3H,4-5H2. The molecule has 0 aromatic carbocycles. The molecule has 3 nitrogen and oxygen atoms in total. The van der Waals surface area contributed by atoms with Crippen LogP contribution in [0.2, 0.25) is 0 Å². The highest BCUT2D eigenvalue weighted by molar-refractivity contribution is 9.10. The molecule has 0 N–H and O–H groups in total. The second-order valence-corrected chi connectivity index (χ2v) is 6.15. The summed E-state index contributed by atoms with van der Waals surface area (Å²) in [5, 5.41) is 0. The van der Waals surface area contributed by atoms with Crippen molar-refractivity contribution in [1.29, 1.82) is 0 Å². The molecule has 1 heterocycles. The molecule has 0 aliphatic heterocycles. The van der Waals surface area contributed by atoms with Crippen LogP contribution in [-0.4, -0.2) is 19.2 Å². The van der Waals surface area contributed by atoms with Crippen molar-refractivity contribution >= 4 is 35.7 Å². The summed E-state index contributed by atoms with van der Waals surface area (Å²) in [5.41, 5.74) is 0.707. The SMILES string of the molecule is O=S(=O)(Cl)CCc1cccc(Br)n1. The number of rotatable bonds is 3. The molecule has 6 heteroatoms. The third kappa shape index (κ3) is 4.59. The van der Waals surface area contributed by atoms with Crippen molar-refractivity contribution < 1.29 is 8.42 Å². The zero-order valence-corrected chi connectivity index (χ0v) is 9.73. The molecule has 0 spiro atoms. The lowest BCUT2D eigenvalue weighted by Crippen LogP contribution is -2.02. The number of hydrogen-bond acceptors (Lipinski definition) is 3. The van der Waals surface area contributed by atoms with E-state index in [0.717, 1.165) is 0 Å². The van der Waals surface area contributed by atoms with Gasteiger partial charge in [-0.2, -0.15) is 0 Å². The molecule has 0 unspecified atom stereocenters. The lowest BCUT2D eigenvalue weighted by molar-refractivity contribution is 0.608. The molecule has 0 bridgehead atoms. The van der Waals surface area contributed by atoms with Gasteiger partial charge in [-0.05, 0) is 28.1 Å². The summed E-state index contributed by atoms with van der Waals surface area (Å²) < 4.78 is 21.9. The number of aromatic nitrogens is 1. The quantitative estimate of drug-likeness (QED) is 0.630. The Hall–Kier alpha value is -0.130. The minimum atomic E-state index is -3.42. The fourth-order valence-corrected chi connectivity index (χ4v) is 1.88. The van der Waals surface area contributed by atoms with Crippen LogP contribution in [0.3, 0.4) is 0 Å². The van der Waals surface area contributed by atoms with E-state index in [1.54, 1.807) is 18.2 Å². The van der Waals surface area contributed by atoms with E-state index < -0.39 is 9.05 Å². The first kappa shape index (κ1) is 10.9. The molecule has 1 rings (SSSR count). The van der Waals surface area contributed by atoms with Gasteiger partial charge in [0.25, 0.3) is 0 Å². The lowest BCUT2D eigenvalue weighted by atomic mass is 10.3. The first-order valence-corrected chi connectivity index (χ1v) is 6.78. The molecule has 72 valence electrons. The van der Waals surface area contributed by atoms with E-state index in [4.69, 9.17) is 10.7 Å². The Morgan fingerprint density at radius 3 is 2.69 bits per heavy atom. The van der Waals surface area contributed by atoms with Crippen molar-refractivity contribution in [1.82, 2.24) is 4.98 Å². The van der Waals surface area contributed by atoms with Crippen LogP contribution in [0, 0.1) is 0 Å². The second-order valence-electron chi connectivity index (χ2n) is 2.44. The number of hydrogen-bond donors (Lipinski definition) is 0. The molecule has 0 fully saturated rings. The minimum absolute atomic E-state index is 0.0853. The molecule has 13 heavy (non-hydrogen) atoms. The van der Waals surface area contributed by atoms with E-state index >= 15 is 0 Å². The molecule has 0 saturated carbocycles. The fraction of sp³-hybridized carbons (Fsp3) is 0.286. The van der Waals surface area contributed by atoms with Gasteiger partial charge in [0.05, 0.1) is 5.75 Å². The molecule has 0 atom stereocenters. The van der Waals surface area contributed by atoms with Gasteiger partial charge in [-0.15, -0.1) is 0 Å². The average Bonchev–Trinajstić information content (AvgIpc) is 2.00. The number of pyridine rings is 1. The predicted octanol–water partition coefficient (Wildman–Crippen LogP) is 1.96. The summed E-state index contributed by atoms with van der Waals surface area (Å²) in [7, 11) is 1.64. The van der Waals surface area contributed by atoms with Gasteiger partial charge in [0.15, 0.2) is 0 Å². The van der Waals surface area contributed by atoms with E-state index in [-0.39, 0.29) is 5.75 Å². The van der Waals surface area contributed by atoms with Gasteiger partial charge in [0, 0.05) is 22.8 Å². The monoisotopic (exact) mass is 283 g/mol. The Morgan fingerprint density at radius 2 is 2.15 bits per heavy atom. The first-order chi connectivity index (χ1) is 5.97. The predicted molar refractivity (Wildman–Crippen MR) is 55.3 cm³/mol. The fourth-order valence-electron chi connectivity index (χ4n) is 0.816. The number of halogens is 2. The highest BCUT2D eigenvalue weighted by atomic mass is 79.9. The normalized spacial score (nSPS) is 11.5. The Labute approximate surface area is 89.7 Å². The largest absolute Gasteiger partial charge is 0.246 e. The molecule has 1 aromatic rings. The van der Waals surface area contributed by atoms with Gasteiger partial charge in [-0.25, -0.2) is 13.4 Å². The zero-order valence-electron chi connectivity index (χ0n) is 6.57. The van der Waals surface area contributed by atoms with Crippen molar-refractivity contribution in [3.8, 4) is 0 Å². The van der Waals surface area contributed by atoms with Gasteiger partial charge in [0.2, 0.25) is 9.05 Å². The van der Waals surface area contributed by atoms with Gasteiger partial charge in [-0.1, -0.05) is 6.07 Å². The van der Waals surface area contributed by atoms with Crippen molar-refractivity contribution in [3.63, 3.8) is 0 Å². The zero-order chi connectivity index (χ0) is 9.90. The van der Waals surface area contributed by atoms with E-state index in [2.05, 4.69) is 20.9 Å². The van der Waals surface area contributed by atoms with Crippen LogP contribution < -0.4 is 0 Å². The topological polar surface area (TPSA) is 47.0 Å². The van der Waals surface area contributed by atoms with Crippen LogP contribution in [-0.2, 0) is 15.5 Å². The summed E-state index contributed by atoms with van der Waals surface area (Å²) in [4.78, 5) is 4.07. The molecule has 0 saturated heterocycles. The molecule has 0 radical (unpaired) electrons. The first-order valence-electron chi connectivity index (χ1n) is 3.51. The third-order valence-electron chi connectivity index (χ3n) is 1.37. The third-order valence-corrected chi connectivity index (χ3v) is 2.97. The van der Waals surface area contributed by atoms with E-state index in [1.165, 1.54) is 0 Å². The smallest absolute Gasteiger partial charge is 0.232 e. The molecule has 1 aromatic heterocycles. The van der Waals surface area contributed by atoms with Crippen molar-refractivity contribution in [3.05, 3.63) is 28.5 Å². The van der Waals surface area contributed by atoms with Crippen molar-refractivity contribution in [2.24, 2.45) is 0 Å². The van der Waals surface area contributed by atoms with Crippen molar-refractivity contribution in [2.75, 3.05) is 5.75 Å². The van der Waals surface area contributed by atoms with Crippen LogP contribution >= 0.6 is 26.6 Å². The minimum Gasteiger partial charge on any atom is -0.246 e. The maximum atomic E-state index is 10.6. The van der Waals surface area contributed by atoms with Gasteiger partial charge < -0.3 is 0 Å². The molecule has 0 aliphatic carbocycles. The Morgan fingerprint density at radius 1 is 1.46 bits per heavy atom. The highest BCUT2D eigenvalue weighted by Gasteiger charge is 2.06. The summed E-state index contributed by atoms with van der Waals surface area (Å²) >= 11 is 3.19. The maximum absolute atomic E-state index is 10.6. The summed E-state index contributed by atoms with van der Waals surface area (Å²) in [6.45, 7) is 0. The summed E-state index contributed by atoms with van der Waals surface area (Å²) in [6, 6.07) is 5.33. The van der Waals surface area contributed by atoms with Gasteiger partial charge in [0.1, 0.15) is 4.60 Å². The van der Waals surface area contributed by atoms with E-state index in [0.29, 0.717) is 16.7 Å². The number of aryl methyl sites for hydroxylation is 1. The summed E-state index contributed by atoms with van der Waals surface area (Å²) in [5.74, 6) is -0.0853. The highest BCUT2D eigenvalue weighted by Crippen LogP contribution is 2.08. The summed E-state index contributed by atoms with van der Waals surface area (Å²) in [6.07, 6.45) is 0.339. The van der Waals surface area contributed by atoms with Crippen LogP contribution in [0.15, 0.2) is 22.8 Å². The van der Waals surface area contributed by atoms with Crippen LogP contribution in [0.1, 0.15) is 5.69 Å². The van der Waals surface area contributed by atoms with E-state index in [9.17, 15) is 8.42 Å². The van der Waals surface area contributed by atoms with Crippen LogP contribution in [0.5, 0.6) is 0 Å². The molecular formula is C7H7BrClNO2S. The van der Waals surface area contributed by atoms with Crippen LogP contribution in [0.25, 0.3) is 0 Å². The van der Waals surface area contributed by atoms with E-state index in [1.807, 2.05) is 0 Å². The number of nitrogens with zero attached hydrogens (tertiary/aromatic N) is 1. The van der Waals surface area contributed by atoms with Crippen molar-refractivity contribution in [2.45, 2.75) is 6.42 Å². The van der Waals surface area contributed by atoms with Crippen LogP contribution in [0.4, 0.5) is 0 Å². The Bertz CT molecular complexity index is 393. The molecule has 0 aliphatic rings. The average molecular weight is 285 g/mol. The molecular weight excluding hydrogens is 278 g/mol. The second kappa shape index (κ2) is 4.39.